The van der Waals surface area contributed by atoms with Crippen LogP contribution in [0.15, 0.2) is 30.3 Å². The molecule has 2 aromatic rings. The van der Waals surface area contributed by atoms with E-state index in [2.05, 4.69) is 65.2 Å². The van der Waals surface area contributed by atoms with Crippen LogP contribution in [0.25, 0.3) is 0 Å². The minimum absolute atomic E-state index is 0.0124. The largest absolute Gasteiger partial charge is 0.394 e. The molecule has 0 unspecified atom stereocenters. The molecular formula is C20H28N4O. The lowest BCUT2D eigenvalue weighted by Gasteiger charge is -2.36. The quantitative estimate of drug-likeness (QED) is 0.875. The summed E-state index contributed by atoms with van der Waals surface area (Å²) in [5.74, 6) is 2.79. The molecule has 5 nitrogen and oxygen atoms in total. The van der Waals surface area contributed by atoms with Crippen LogP contribution in [0.2, 0.25) is 0 Å². The van der Waals surface area contributed by atoms with Crippen molar-refractivity contribution in [3.8, 4) is 0 Å². The Morgan fingerprint density at radius 1 is 1.24 bits per heavy atom. The fourth-order valence-corrected chi connectivity index (χ4v) is 3.37. The fraction of sp³-hybridized carbons (Fsp3) is 0.500. The monoisotopic (exact) mass is 340 g/mol. The molecule has 0 saturated heterocycles. The number of nitrogens with one attached hydrogen (secondary N) is 1. The van der Waals surface area contributed by atoms with Gasteiger partial charge in [0.2, 0.25) is 0 Å². The van der Waals surface area contributed by atoms with Crippen LogP contribution in [-0.2, 0) is 13.0 Å². The van der Waals surface area contributed by atoms with Gasteiger partial charge in [0.05, 0.1) is 12.6 Å². The van der Waals surface area contributed by atoms with E-state index in [4.69, 9.17) is 0 Å². The van der Waals surface area contributed by atoms with Crippen molar-refractivity contribution in [1.29, 1.82) is 0 Å². The first kappa shape index (κ1) is 17.7. The van der Waals surface area contributed by atoms with Crippen LogP contribution in [0, 0.1) is 12.8 Å². The van der Waals surface area contributed by atoms with Crippen molar-refractivity contribution in [2.24, 2.45) is 5.92 Å². The second-order valence-corrected chi connectivity index (χ2v) is 7.29. The predicted octanol–water partition coefficient (Wildman–Crippen LogP) is 3.17. The number of aromatic nitrogens is 2. The second kappa shape index (κ2) is 7.40. The van der Waals surface area contributed by atoms with Gasteiger partial charge in [-0.25, -0.2) is 9.97 Å². The number of rotatable bonds is 5. The summed E-state index contributed by atoms with van der Waals surface area (Å²) in [5.41, 5.74) is 2.79. The highest BCUT2D eigenvalue weighted by Crippen LogP contribution is 2.28. The molecule has 25 heavy (non-hydrogen) atoms. The highest BCUT2D eigenvalue weighted by atomic mass is 16.3. The summed E-state index contributed by atoms with van der Waals surface area (Å²) in [5, 5.41) is 12.9. The van der Waals surface area contributed by atoms with Crippen LogP contribution < -0.4 is 10.2 Å². The van der Waals surface area contributed by atoms with Crippen molar-refractivity contribution in [3.05, 3.63) is 47.3 Å². The number of anilines is 2. The van der Waals surface area contributed by atoms with Gasteiger partial charge in [-0.2, -0.15) is 0 Å². The zero-order valence-electron chi connectivity index (χ0n) is 15.5. The topological polar surface area (TPSA) is 61.3 Å². The third kappa shape index (κ3) is 3.93. The molecule has 0 spiro atoms. The Morgan fingerprint density at radius 3 is 2.64 bits per heavy atom. The average molecular weight is 340 g/mol. The third-order valence-corrected chi connectivity index (χ3v) is 4.96. The van der Waals surface area contributed by atoms with E-state index in [0.717, 1.165) is 30.4 Å². The number of hydrogen-bond donors (Lipinski definition) is 2. The standard InChI is InChI=1S/C20H28N4O/c1-13(2)18(12-25)23-19-10-20(22-15(4)21-19)24-11-17-8-6-5-7-16(17)9-14(24)3/h5-8,10,13-14,18,25H,9,11-12H2,1-4H3,(H,21,22,23)/t14-,18+/m0/s1. The Bertz CT molecular complexity index is 731. The molecule has 2 atom stereocenters. The van der Waals surface area contributed by atoms with Gasteiger partial charge >= 0.3 is 0 Å². The normalized spacial score (nSPS) is 18.2. The molecule has 1 aliphatic heterocycles. The number of nitrogens with zero attached hydrogens (tertiary/aromatic N) is 3. The molecular weight excluding hydrogens is 312 g/mol. The minimum Gasteiger partial charge on any atom is -0.394 e. The molecule has 0 aliphatic carbocycles. The van der Waals surface area contributed by atoms with E-state index in [0.29, 0.717) is 12.0 Å². The van der Waals surface area contributed by atoms with Crippen LogP contribution in [0.4, 0.5) is 11.6 Å². The van der Waals surface area contributed by atoms with Crippen LogP contribution in [0.1, 0.15) is 37.7 Å². The lowest BCUT2D eigenvalue weighted by molar-refractivity contribution is 0.249. The maximum Gasteiger partial charge on any atom is 0.134 e. The van der Waals surface area contributed by atoms with Crippen LogP contribution in [0.3, 0.4) is 0 Å². The van der Waals surface area contributed by atoms with Crippen molar-refractivity contribution in [2.45, 2.75) is 52.7 Å². The van der Waals surface area contributed by atoms with E-state index in [1.54, 1.807) is 0 Å². The van der Waals surface area contributed by atoms with Crippen molar-refractivity contribution in [3.63, 3.8) is 0 Å². The highest BCUT2D eigenvalue weighted by molar-refractivity contribution is 5.52. The predicted molar refractivity (Wildman–Crippen MR) is 102 cm³/mol. The molecule has 0 saturated carbocycles. The number of fused-ring (bicyclic) bond motifs is 1. The number of hydrogen-bond acceptors (Lipinski definition) is 5. The van der Waals surface area contributed by atoms with Gasteiger partial charge in [-0.1, -0.05) is 38.1 Å². The van der Waals surface area contributed by atoms with Crippen molar-refractivity contribution in [2.75, 3.05) is 16.8 Å². The molecule has 1 aromatic carbocycles. The summed E-state index contributed by atoms with van der Waals surface area (Å²) in [6, 6.07) is 11.0. The second-order valence-electron chi connectivity index (χ2n) is 7.29. The maximum atomic E-state index is 9.58. The zero-order chi connectivity index (χ0) is 18.0. The first-order valence-corrected chi connectivity index (χ1v) is 9.04. The van der Waals surface area contributed by atoms with Gasteiger partial charge in [0.1, 0.15) is 17.5 Å². The molecule has 1 aliphatic rings. The summed E-state index contributed by atoms with van der Waals surface area (Å²) >= 11 is 0. The number of benzene rings is 1. The van der Waals surface area contributed by atoms with Gasteiger partial charge in [-0.3, -0.25) is 0 Å². The van der Waals surface area contributed by atoms with E-state index in [-0.39, 0.29) is 12.6 Å². The Balaban J connectivity index is 1.87. The zero-order valence-corrected chi connectivity index (χ0v) is 15.5. The average Bonchev–Trinajstić information content (AvgIpc) is 2.58. The molecule has 3 rings (SSSR count). The molecule has 0 amide bonds. The van der Waals surface area contributed by atoms with Gasteiger partial charge in [-0.15, -0.1) is 0 Å². The molecule has 134 valence electrons. The van der Waals surface area contributed by atoms with E-state index >= 15 is 0 Å². The van der Waals surface area contributed by atoms with Gasteiger partial charge < -0.3 is 15.3 Å². The van der Waals surface area contributed by atoms with Crippen LogP contribution in [-0.4, -0.2) is 33.8 Å². The maximum absolute atomic E-state index is 9.58. The molecule has 2 N–H and O–H groups in total. The number of aliphatic hydroxyl groups excluding tert-OH is 1. The summed E-state index contributed by atoms with van der Waals surface area (Å²) in [4.78, 5) is 11.5. The summed E-state index contributed by atoms with van der Waals surface area (Å²) in [7, 11) is 0. The SMILES string of the molecule is Cc1nc(N[C@H](CO)C(C)C)cc(N2Cc3ccccc3C[C@@H]2C)n1. The van der Waals surface area contributed by atoms with E-state index in [9.17, 15) is 5.11 Å². The summed E-state index contributed by atoms with van der Waals surface area (Å²) < 4.78 is 0. The number of aryl methyl sites for hydroxylation is 1. The Kier molecular flexibility index (Phi) is 5.23. The van der Waals surface area contributed by atoms with E-state index in [1.165, 1.54) is 11.1 Å². The Hall–Kier alpha value is -2.14. The van der Waals surface area contributed by atoms with Gasteiger partial charge in [0.25, 0.3) is 0 Å². The van der Waals surface area contributed by atoms with Gasteiger partial charge in [0, 0.05) is 18.7 Å². The number of aliphatic hydroxyl groups is 1. The molecule has 0 radical (unpaired) electrons. The summed E-state index contributed by atoms with van der Waals surface area (Å²) in [6.07, 6.45) is 1.02. The molecule has 0 bridgehead atoms. The van der Waals surface area contributed by atoms with Gasteiger partial charge in [-0.05, 0) is 37.3 Å². The highest BCUT2D eigenvalue weighted by Gasteiger charge is 2.24. The molecule has 1 aromatic heterocycles. The van der Waals surface area contributed by atoms with Crippen molar-refractivity contribution >= 4 is 11.6 Å². The first-order chi connectivity index (χ1) is 12.0. The molecule has 5 heteroatoms. The fourth-order valence-electron chi connectivity index (χ4n) is 3.37. The lowest BCUT2D eigenvalue weighted by Crippen LogP contribution is -2.39. The Morgan fingerprint density at radius 2 is 1.96 bits per heavy atom. The van der Waals surface area contributed by atoms with Crippen molar-refractivity contribution < 1.29 is 5.11 Å². The minimum atomic E-state index is -0.0124. The van der Waals surface area contributed by atoms with Crippen LogP contribution in [0.5, 0.6) is 0 Å². The molecule has 0 fully saturated rings. The lowest BCUT2D eigenvalue weighted by atomic mass is 9.95. The van der Waals surface area contributed by atoms with Crippen LogP contribution >= 0.6 is 0 Å². The smallest absolute Gasteiger partial charge is 0.134 e. The summed E-state index contributed by atoms with van der Waals surface area (Å²) in [6.45, 7) is 9.29. The van der Waals surface area contributed by atoms with E-state index in [1.807, 2.05) is 13.0 Å². The van der Waals surface area contributed by atoms with E-state index < -0.39 is 0 Å². The van der Waals surface area contributed by atoms with Crippen molar-refractivity contribution in [1.82, 2.24) is 9.97 Å². The Labute approximate surface area is 150 Å². The first-order valence-electron chi connectivity index (χ1n) is 9.04. The third-order valence-electron chi connectivity index (χ3n) is 4.96. The van der Waals surface area contributed by atoms with Gasteiger partial charge in [0.15, 0.2) is 0 Å². The molecule has 2 heterocycles.